The van der Waals surface area contributed by atoms with Gasteiger partial charge < -0.3 is 15.5 Å². The Labute approximate surface area is 164 Å². The number of anilines is 3. The topological polar surface area (TPSA) is 66.0 Å². The van der Waals surface area contributed by atoms with Gasteiger partial charge in [-0.3, -0.25) is 4.98 Å². The lowest BCUT2D eigenvalue weighted by Crippen LogP contribution is -2.21. The molecule has 0 spiro atoms. The van der Waals surface area contributed by atoms with Crippen molar-refractivity contribution in [3.8, 4) is 11.4 Å². The van der Waals surface area contributed by atoms with Crippen LogP contribution in [0.3, 0.4) is 0 Å². The fourth-order valence-corrected chi connectivity index (χ4v) is 2.63. The number of pyridine rings is 1. The summed E-state index contributed by atoms with van der Waals surface area (Å²) >= 11 is 6.24. The van der Waals surface area contributed by atoms with E-state index >= 15 is 0 Å². The summed E-state index contributed by atoms with van der Waals surface area (Å²) in [5.41, 5.74) is 3.44. The van der Waals surface area contributed by atoms with E-state index in [4.69, 9.17) is 11.6 Å². The van der Waals surface area contributed by atoms with Gasteiger partial charge >= 0.3 is 0 Å². The Kier molecular flexibility index (Phi) is 6.21. The maximum absolute atomic E-state index is 6.24. The number of likely N-dealkylation sites (N-methyl/N-ethyl adjacent to an activating group) is 1. The molecule has 2 heterocycles. The van der Waals surface area contributed by atoms with Crippen LogP contribution in [0.4, 0.5) is 17.5 Å². The van der Waals surface area contributed by atoms with Gasteiger partial charge in [-0.25, -0.2) is 4.98 Å². The molecule has 3 aromatic rings. The number of aromatic nitrogens is 3. The summed E-state index contributed by atoms with van der Waals surface area (Å²) in [5.74, 6) is 1.23. The van der Waals surface area contributed by atoms with E-state index in [-0.39, 0.29) is 0 Å². The number of aryl methyl sites for hydroxylation is 1. The second-order valence-corrected chi connectivity index (χ2v) is 6.90. The minimum Gasteiger partial charge on any atom is -0.353 e. The van der Waals surface area contributed by atoms with E-state index in [1.807, 2.05) is 63.5 Å². The smallest absolute Gasteiger partial charge is 0.225 e. The first kappa shape index (κ1) is 19.1. The van der Waals surface area contributed by atoms with Crippen molar-refractivity contribution in [3.05, 3.63) is 59.2 Å². The summed E-state index contributed by atoms with van der Waals surface area (Å²) in [6.45, 7) is 3.60. The van der Waals surface area contributed by atoms with Crippen molar-refractivity contribution >= 4 is 29.1 Å². The van der Waals surface area contributed by atoms with Gasteiger partial charge in [-0.2, -0.15) is 4.98 Å². The molecule has 1 aromatic carbocycles. The van der Waals surface area contributed by atoms with Crippen molar-refractivity contribution < 1.29 is 0 Å². The van der Waals surface area contributed by atoms with Crippen LogP contribution in [0.5, 0.6) is 0 Å². The quantitative estimate of drug-likeness (QED) is 0.637. The predicted octanol–water partition coefficient (Wildman–Crippen LogP) is 4.22. The molecule has 0 fully saturated rings. The van der Waals surface area contributed by atoms with E-state index in [0.717, 1.165) is 35.7 Å². The van der Waals surface area contributed by atoms with Crippen LogP contribution in [0.2, 0.25) is 5.02 Å². The summed E-state index contributed by atoms with van der Waals surface area (Å²) in [7, 11) is 4.06. The highest BCUT2D eigenvalue weighted by Crippen LogP contribution is 2.25. The Bertz CT molecular complexity index is 898. The monoisotopic (exact) mass is 382 g/mol. The molecule has 0 atom stereocenters. The molecular formula is C20H23ClN6. The minimum atomic E-state index is 0.556. The second kappa shape index (κ2) is 8.79. The zero-order valence-corrected chi connectivity index (χ0v) is 16.5. The summed E-state index contributed by atoms with van der Waals surface area (Å²) < 4.78 is 0. The Morgan fingerprint density at radius 2 is 1.89 bits per heavy atom. The molecule has 2 N–H and O–H groups in total. The molecule has 2 aromatic heterocycles. The fraction of sp³-hybridized carbons (Fsp3) is 0.250. The third-order valence-electron chi connectivity index (χ3n) is 3.94. The predicted molar refractivity (Wildman–Crippen MR) is 112 cm³/mol. The van der Waals surface area contributed by atoms with Crippen molar-refractivity contribution in [2.45, 2.75) is 6.92 Å². The van der Waals surface area contributed by atoms with Gasteiger partial charge in [-0.15, -0.1) is 0 Å². The minimum absolute atomic E-state index is 0.556. The molecule has 0 aliphatic heterocycles. The summed E-state index contributed by atoms with van der Waals surface area (Å²) in [4.78, 5) is 15.7. The Morgan fingerprint density at radius 3 is 2.59 bits per heavy atom. The summed E-state index contributed by atoms with van der Waals surface area (Å²) in [5, 5.41) is 7.29. The fourth-order valence-electron chi connectivity index (χ4n) is 2.45. The number of halogens is 1. The highest BCUT2D eigenvalue weighted by molar-refractivity contribution is 6.31. The van der Waals surface area contributed by atoms with Crippen LogP contribution in [-0.2, 0) is 0 Å². The summed E-state index contributed by atoms with van der Waals surface area (Å²) in [6.07, 6.45) is 1.75. The van der Waals surface area contributed by atoms with E-state index in [1.165, 1.54) is 0 Å². The molecule has 6 nitrogen and oxygen atoms in total. The largest absolute Gasteiger partial charge is 0.353 e. The van der Waals surface area contributed by atoms with Crippen LogP contribution in [0.15, 0.2) is 48.7 Å². The zero-order valence-electron chi connectivity index (χ0n) is 15.7. The molecule has 140 valence electrons. The van der Waals surface area contributed by atoms with E-state index in [1.54, 1.807) is 6.20 Å². The normalized spacial score (nSPS) is 10.9. The van der Waals surface area contributed by atoms with Gasteiger partial charge in [0.05, 0.1) is 11.4 Å². The molecule has 0 aliphatic carbocycles. The molecule has 0 aliphatic rings. The van der Waals surface area contributed by atoms with Gasteiger partial charge in [0.25, 0.3) is 0 Å². The standard InChI is InChI=1S/C20H23ClN6/c1-14-7-8-15(12-16(14)21)24-19-13-18(17-6-4-5-9-22-17)25-20(26-19)23-10-11-27(2)3/h4-9,12-13H,10-11H2,1-3H3,(H2,23,24,25,26). The molecule has 0 saturated carbocycles. The van der Waals surface area contributed by atoms with Gasteiger partial charge in [-0.05, 0) is 50.8 Å². The first-order valence-electron chi connectivity index (χ1n) is 8.73. The average molecular weight is 383 g/mol. The molecule has 0 saturated heterocycles. The van der Waals surface area contributed by atoms with Gasteiger partial charge in [-0.1, -0.05) is 23.7 Å². The zero-order chi connectivity index (χ0) is 19.2. The lowest BCUT2D eigenvalue weighted by atomic mass is 10.2. The van der Waals surface area contributed by atoms with Crippen molar-refractivity contribution in [2.24, 2.45) is 0 Å². The summed E-state index contributed by atoms with van der Waals surface area (Å²) in [6, 6.07) is 13.5. The van der Waals surface area contributed by atoms with Crippen LogP contribution < -0.4 is 10.6 Å². The number of benzene rings is 1. The van der Waals surface area contributed by atoms with E-state index in [0.29, 0.717) is 16.8 Å². The Morgan fingerprint density at radius 1 is 1.04 bits per heavy atom. The first-order valence-corrected chi connectivity index (χ1v) is 9.11. The Balaban J connectivity index is 1.90. The van der Waals surface area contributed by atoms with Crippen LogP contribution in [0.25, 0.3) is 11.4 Å². The molecule has 0 bridgehead atoms. The molecule has 0 amide bonds. The highest BCUT2D eigenvalue weighted by Gasteiger charge is 2.09. The van der Waals surface area contributed by atoms with Crippen LogP contribution >= 0.6 is 11.6 Å². The van der Waals surface area contributed by atoms with Gasteiger partial charge in [0.1, 0.15) is 5.82 Å². The molecule has 7 heteroatoms. The van der Waals surface area contributed by atoms with Crippen LogP contribution in [-0.4, -0.2) is 47.0 Å². The van der Waals surface area contributed by atoms with Gasteiger partial charge in [0.2, 0.25) is 5.95 Å². The average Bonchev–Trinajstić information content (AvgIpc) is 2.65. The SMILES string of the molecule is Cc1ccc(Nc2cc(-c3ccccn3)nc(NCCN(C)C)n2)cc1Cl. The van der Waals surface area contributed by atoms with Crippen molar-refractivity contribution in [2.75, 3.05) is 37.8 Å². The van der Waals surface area contributed by atoms with E-state index < -0.39 is 0 Å². The highest BCUT2D eigenvalue weighted by atomic mass is 35.5. The maximum atomic E-state index is 6.24. The molecule has 0 radical (unpaired) electrons. The first-order chi connectivity index (χ1) is 13.0. The Hall–Kier alpha value is -2.70. The van der Waals surface area contributed by atoms with Crippen molar-refractivity contribution in [3.63, 3.8) is 0 Å². The lowest BCUT2D eigenvalue weighted by molar-refractivity contribution is 0.425. The number of rotatable bonds is 7. The maximum Gasteiger partial charge on any atom is 0.225 e. The number of nitrogens with one attached hydrogen (secondary N) is 2. The third kappa shape index (κ3) is 5.39. The second-order valence-electron chi connectivity index (χ2n) is 6.50. The molecule has 27 heavy (non-hydrogen) atoms. The lowest BCUT2D eigenvalue weighted by Gasteiger charge is -2.13. The molecule has 3 rings (SSSR count). The number of hydrogen-bond acceptors (Lipinski definition) is 6. The third-order valence-corrected chi connectivity index (χ3v) is 4.35. The van der Waals surface area contributed by atoms with Crippen molar-refractivity contribution in [1.29, 1.82) is 0 Å². The molecular weight excluding hydrogens is 360 g/mol. The number of hydrogen-bond donors (Lipinski definition) is 2. The van der Waals surface area contributed by atoms with E-state index in [9.17, 15) is 0 Å². The van der Waals surface area contributed by atoms with Crippen molar-refractivity contribution in [1.82, 2.24) is 19.9 Å². The van der Waals surface area contributed by atoms with Gasteiger partial charge in [0, 0.05) is 36.1 Å². The van der Waals surface area contributed by atoms with E-state index in [2.05, 4.69) is 30.5 Å². The van der Waals surface area contributed by atoms with Gasteiger partial charge in [0.15, 0.2) is 0 Å². The number of nitrogens with zero attached hydrogens (tertiary/aromatic N) is 4. The molecule has 0 unspecified atom stereocenters. The van der Waals surface area contributed by atoms with Crippen LogP contribution in [0.1, 0.15) is 5.56 Å². The van der Waals surface area contributed by atoms with Crippen LogP contribution in [0, 0.1) is 6.92 Å².